The maximum Gasteiger partial charge on any atom is 0.244 e. The third-order valence-electron chi connectivity index (χ3n) is 4.99. The van der Waals surface area contributed by atoms with Crippen molar-refractivity contribution in [2.75, 3.05) is 30.2 Å². The molecule has 174 valence electrons. The second kappa shape index (κ2) is 12.2. The molecule has 0 saturated carbocycles. The summed E-state index contributed by atoms with van der Waals surface area (Å²) in [4.78, 5) is 27.4. The molecular weight excluding hydrogens is 541 g/mol. The Kier molecular flexibility index (Phi) is 9.95. The molecule has 0 aromatic heterocycles. The maximum absolute atomic E-state index is 13.3. The molecule has 9 heteroatoms. The van der Waals surface area contributed by atoms with Crippen LogP contribution in [0.25, 0.3) is 0 Å². The molecule has 0 bridgehead atoms. The van der Waals surface area contributed by atoms with Gasteiger partial charge in [0.2, 0.25) is 21.8 Å². The highest BCUT2D eigenvalue weighted by molar-refractivity contribution is 14.1. The van der Waals surface area contributed by atoms with Gasteiger partial charge in [0.05, 0.1) is 11.9 Å². The summed E-state index contributed by atoms with van der Waals surface area (Å²) in [6, 6.07) is 15.8. The van der Waals surface area contributed by atoms with E-state index in [1.54, 1.807) is 31.2 Å². The number of nitrogens with zero attached hydrogens (tertiary/aromatic N) is 2. The molecule has 0 fully saturated rings. The van der Waals surface area contributed by atoms with Crippen molar-refractivity contribution < 1.29 is 18.0 Å². The number of carbonyl (C=O) groups excluding carboxylic acids is 2. The fourth-order valence-corrected chi connectivity index (χ4v) is 4.40. The van der Waals surface area contributed by atoms with E-state index < -0.39 is 22.0 Å². The van der Waals surface area contributed by atoms with Crippen molar-refractivity contribution in [2.24, 2.45) is 0 Å². The number of anilines is 1. The Morgan fingerprint density at radius 1 is 1.06 bits per heavy atom. The summed E-state index contributed by atoms with van der Waals surface area (Å²) in [6.07, 6.45) is 2.41. The van der Waals surface area contributed by atoms with Gasteiger partial charge in [-0.2, -0.15) is 0 Å². The van der Waals surface area contributed by atoms with Crippen LogP contribution in [0.4, 0.5) is 5.69 Å². The van der Waals surface area contributed by atoms with Gasteiger partial charge in [-0.25, -0.2) is 8.42 Å². The Labute approximate surface area is 204 Å². The van der Waals surface area contributed by atoms with Crippen molar-refractivity contribution in [3.05, 3.63) is 63.7 Å². The molecule has 0 radical (unpaired) electrons. The normalized spacial score (nSPS) is 12.1. The second-order valence-electron chi connectivity index (χ2n) is 7.54. The zero-order valence-electron chi connectivity index (χ0n) is 18.6. The first-order chi connectivity index (χ1) is 15.1. The van der Waals surface area contributed by atoms with Gasteiger partial charge in [0.1, 0.15) is 12.6 Å². The highest BCUT2D eigenvalue weighted by Crippen LogP contribution is 2.20. The van der Waals surface area contributed by atoms with Crippen molar-refractivity contribution in [3.63, 3.8) is 0 Å². The summed E-state index contributed by atoms with van der Waals surface area (Å²) in [5.74, 6) is -0.683. The van der Waals surface area contributed by atoms with Gasteiger partial charge in [0.15, 0.2) is 0 Å². The van der Waals surface area contributed by atoms with E-state index >= 15 is 0 Å². The van der Waals surface area contributed by atoms with Crippen LogP contribution in [0.3, 0.4) is 0 Å². The van der Waals surface area contributed by atoms with Crippen LogP contribution in [0.2, 0.25) is 0 Å². The van der Waals surface area contributed by atoms with Crippen LogP contribution in [-0.4, -0.2) is 57.1 Å². The number of hydrogen-bond donors (Lipinski definition) is 1. The average Bonchev–Trinajstić information content (AvgIpc) is 2.76. The minimum atomic E-state index is -3.70. The van der Waals surface area contributed by atoms with Crippen LogP contribution in [0.15, 0.2) is 54.6 Å². The van der Waals surface area contributed by atoms with Gasteiger partial charge in [0, 0.05) is 16.7 Å². The Hall–Kier alpha value is -2.14. The van der Waals surface area contributed by atoms with Gasteiger partial charge in [-0.3, -0.25) is 13.9 Å². The molecule has 7 nitrogen and oxygen atoms in total. The van der Waals surface area contributed by atoms with E-state index in [0.717, 1.165) is 26.1 Å². The first kappa shape index (κ1) is 26.1. The number of benzene rings is 2. The molecule has 0 heterocycles. The molecule has 2 aromatic carbocycles. The highest BCUT2D eigenvalue weighted by Gasteiger charge is 2.29. The second-order valence-corrected chi connectivity index (χ2v) is 10.7. The van der Waals surface area contributed by atoms with Crippen LogP contribution < -0.4 is 9.62 Å². The summed E-state index contributed by atoms with van der Waals surface area (Å²) >= 11 is 2.13. The third kappa shape index (κ3) is 7.77. The van der Waals surface area contributed by atoms with E-state index in [2.05, 4.69) is 27.9 Å². The van der Waals surface area contributed by atoms with Gasteiger partial charge in [-0.15, -0.1) is 0 Å². The largest absolute Gasteiger partial charge is 0.354 e. The Morgan fingerprint density at radius 3 is 2.25 bits per heavy atom. The van der Waals surface area contributed by atoms with Crippen LogP contribution in [-0.2, 0) is 26.0 Å². The van der Waals surface area contributed by atoms with Crippen molar-refractivity contribution in [3.8, 4) is 0 Å². The van der Waals surface area contributed by atoms with E-state index in [1.165, 1.54) is 4.90 Å². The zero-order valence-corrected chi connectivity index (χ0v) is 21.6. The fourth-order valence-electron chi connectivity index (χ4n) is 3.19. The van der Waals surface area contributed by atoms with Crippen LogP contribution in [0.5, 0.6) is 0 Å². The van der Waals surface area contributed by atoms with Crippen molar-refractivity contribution in [1.29, 1.82) is 0 Å². The Balaban J connectivity index is 2.27. The quantitative estimate of drug-likeness (QED) is 0.421. The summed E-state index contributed by atoms with van der Waals surface area (Å²) in [7, 11) is -3.70. The lowest BCUT2D eigenvalue weighted by atomic mass is 10.1. The molecule has 0 spiro atoms. The lowest BCUT2D eigenvalue weighted by molar-refractivity contribution is -0.138. The van der Waals surface area contributed by atoms with E-state index in [1.807, 2.05) is 37.3 Å². The lowest BCUT2D eigenvalue weighted by Gasteiger charge is -2.31. The molecule has 2 aromatic rings. The molecule has 32 heavy (non-hydrogen) atoms. The molecule has 0 aliphatic heterocycles. The Bertz CT molecular complexity index is 998. The predicted molar refractivity (Wildman–Crippen MR) is 136 cm³/mol. The number of rotatable bonds is 11. The number of nitrogens with one attached hydrogen (secondary N) is 1. The first-order valence-corrected chi connectivity index (χ1v) is 13.4. The zero-order chi connectivity index (χ0) is 23.7. The van der Waals surface area contributed by atoms with Gasteiger partial charge in [0.25, 0.3) is 0 Å². The molecule has 0 saturated heterocycles. The maximum atomic E-state index is 13.3. The van der Waals surface area contributed by atoms with E-state index in [4.69, 9.17) is 0 Å². The number of hydrogen-bond acceptors (Lipinski definition) is 4. The number of sulfonamides is 1. The van der Waals surface area contributed by atoms with Crippen molar-refractivity contribution in [2.45, 2.75) is 32.7 Å². The Morgan fingerprint density at radius 2 is 1.69 bits per heavy atom. The van der Waals surface area contributed by atoms with Crippen LogP contribution in [0, 0.1) is 3.57 Å². The standard InChI is InChI=1S/C23H30IN3O4S/c1-4-15-25-23(29)18(2)26(16-14-19-8-6-5-7-9-19)22(28)17-27(32(3,30)31)21-12-10-20(24)11-13-21/h5-13,18H,4,14-17H2,1-3H3,(H,25,29). The molecule has 1 unspecified atom stereocenters. The van der Waals surface area contributed by atoms with E-state index in [-0.39, 0.29) is 12.5 Å². The minimum Gasteiger partial charge on any atom is -0.354 e. The van der Waals surface area contributed by atoms with E-state index in [0.29, 0.717) is 25.2 Å². The van der Waals surface area contributed by atoms with Gasteiger partial charge in [-0.1, -0.05) is 37.3 Å². The summed E-state index contributed by atoms with van der Waals surface area (Å²) in [6.45, 7) is 4.06. The topological polar surface area (TPSA) is 86.8 Å². The van der Waals surface area contributed by atoms with Crippen LogP contribution in [0.1, 0.15) is 25.8 Å². The molecule has 2 rings (SSSR count). The van der Waals surface area contributed by atoms with Gasteiger partial charge < -0.3 is 10.2 Å². The average molecular weight is 571 g/mol. The van der Waals surface area contributed by atoms with E-state index in [9.17, 15) is 18.0 Å². The smallest absolute Gasteiger partial charge is 0.244 e. The number of amides is 2. The number of carbonyl (C=O) groups is 2. The lowest BCUT2D eigenvalue weighted by Crippen LogP contribution is -2.52. The molecule has 0 aliphatic carbocycles. The number of halogens is 1. The van der Waals surface area contributed by atoms with Crippen LogP contribution >= 0.6 is 22.6 Å². The predicted octanol–water partition coefficient (Wildman–Crippen LogP) is 3.04. The van der Waals surface area contributed by atoms with Gasteiger partial charge >= 0.3 is 0 Å². The summed E-state index contributed by atoms with van der Waals surface area (Å²) in [5, 5.41) is 2.82. The SMILES string of the molecule is CCCNC(=O)C(C)N(CCc1ccccc1)C(=O)CN(c1ccc(I)cc1)S(C)(=O)=O. The summed E-state index contributed by atoms with van der Waals surface area (Å²) in [5.41, 5.74) is 1.44. The van der Waals surface area contributed by atoms with Crippen molar-refractivity contribution in [1.82, 2.24) is 10.2 Å². The molecule has 1 N–H and O–H groups in total. The highest BCUT2D eigenvalue weighted by atomic mass is 127. The molecular formula is C23H30IN3O4S. The van der Waals surface area contributed by atoms with Crippen molar-refractivity contribution >= 4 is 50.1 Å². The molecule has 2 amide bonds. The minimum absolute atomic E-state index is 0.256. The fraction of sp³-hybridized carbons (Fsp3) is 0.391. The van der Waals surface area contributed by atoms with Gasteiger partial charge in [-0.05, 0) is 72.2 Å². The third-order valence-corrected chi connectivity index (χ3v) is 6.85. The first-order valence-electron chi connectivity index (χ1n) is 10.5. The molecule has 1 atom stereocenters. The summed E-state index contributed by atoms with van der Waals surface area (Å²) < 4.78 is 27.0. The monoisotopic (exact) mass is 571 g/mol. The molecule has 0 aliphatic rings.